The van der Waals surface area contributed by atoms with Crippen molar-refractivity contribution in [1.29, 1.82) is 0 Å². The first-order chi connectivity index (χ1) is 7.79. The predicted molar refractivity (Wildman–Crippen MR) is 59.5 cm³/mol. The van der Waals surface area contributed by atoms with Gasteiger partial charge >= 0.3 is 0 Å². The highest BCUT2D eigenvalue weighted by atomic mass is 32.2. The van der Waals surface area contributed by atoms with Crippen molar-refractivity contribution in [3.63, 3.8) is 0 Å². The van der Waals surface area contributed by atoms with Gasteiger partial charge in [-0.3, -0.25) is 5.43 Å². The molecule has 1 aromatic heterocycles. The van der Waals surface area contributed by atoms with Crippen LogP contribution >= 0.6 is 11.8 Å². The number of hydrogen-bond donors (Lipinski definition) is 2. The lowest BCUT2D eigenvalue weighted by atomic mass is 10.3. The van der Waals surface area contributed by atoms with E-state index in [0.717, 1.165) is 25.6 Å². The fourth-order valence-electron chi connectivity index (χ4n) is 1.47. The number of nitrogens with zero attached hydrogens (tertiary/aromatic N) is 2. The molecule has 0 saturated carbocycles. The van der Waals surface area contributed by atoms with Gasteiger partial charge in [-0.25, -0.2) is 20.2 Å². The Morgan fingerprint density at radius 3 is 3.25 bits per heavy atom. The fourth-order valence-corrected chi connectivity index (χ4v) is 2.42. The molecule has 1 fully saturated rings. The number of nitrogens with one attached hydrogen (secondary N) is 1. The van der Waals surface area contributed by atoms with Gasteiger partial charge in [0.25, 0.3) is 0 Å². The number of anilines is 1. The minimum absolute atomic E-state index is 0.202. The van der Waals surface area contributed by atoms with E-state index in [1.54, 1.807) is 0 Å². The van der Waals surface area contributed by atoms with E-state index in [2.05, 4.69) is 15.4 Å². The first-order valence-corrected chi connectivity index (χ1v) is 6.01. The molecule has 0 bridgehead atoms. The van der Waals surface area contributed by atoms with Gasteiger partial charge in [-0.15, -0.1) is 11.8 Å². The molecule has 2 heterocycles. The van der Waals surface area contributed by atoms with Crippen LogP contribution in [-0.2, 0) is 4.74 Å². The topological polar surface area (TPSA) is 73.1 Å². The van der Waals surface area contributed by atoms with Crippen molar-refractivity contribution in [3.8, 4) is 0 Å². The number of rotatable bonds is 4. The molecule has 88 valence electrons. The number of hydrogen-bond acceptors (Lipinski definition) is 6. The van der Waals surface area contributed by atoms with E-state index < -0.39 is 5.82 Å². The number of thioether (sulfide) groups is 1. The fraction of sp³-hybridized carbons (Fsp3) is 0.556. The molecule has 0 amide bonds. The third-order valence-electron chi connectivity index (χ3n) is 2.27. The molecule has 0 radical (unpaired) electrons. The molecule has 1 unspecified atom stereocenters. The molecule has 0 aliphatic carbocycles. The number of halogens is 1. The Morgan fingerprint density at radius 2 is 2.56 bits per heavy atom. The van der Waals surface area contributed by atoms with Gasteiger partial charge in [0.2, 0.25) is 5.95 Å². The quantitative estimate of drug-likeness (QED) is 0.358. The van der Waals surface area contributed by atoms with E-state index in [1.807, 2.05) is 0 Å². The summed E-state index contributed by atoms with van der Waals surface area (Å²) in [6.45, 7) is 0.799. The maximum absolute atomic E-state index is 13.3. The number of nitrogens with two attached hydrogens (primary N) is 1. The molecule has 5 nitrogen and oxygen atoms in total. The van der Waals surface area contributed by atoms with Crippen molar-refractivity contribution in [3.05, 3.63) is 12.0 Å². The summed E-state index contributed by atoms with van der Waals surface area (Å²) in [6.07, 6.45) is 3.42. The molecule has 16 heavy (non-hydrogen) atoms. The standard InChI is InChI=1S/C9H13FN4OS/c10-7-4-12-9(14-11)13-8(7)16-5-6-2-1-3-15-6/h4,6H,1-3,5,11H2,(H,12,13,14). The Labute approximate surface area is 97.0 Å². The van der Waals surface area contributed by atoms with Crippen molar-refractivity contribution < 1.29 is 9.13 Å². The van der Waals surface area contributed by atoms with Crippen molar-refractivity contribution >= 4 is 17.7 Å². The Hall–Kier alpha value is -0.920. The summed E-state index contributed by atoms with van der Waals surface area (Å²) in [5, 5.41) is 0.304. The second-order valence-electron chi connectivity index (χ2n) is 3.44. The van der Waals surface area contributed by atoms with Gasteiger partial charge in [0.1, 0.15) is 5.03 Å². The molecule has 0 spiro atoms. The number of aromatic nitrogens is 2. The van der Waals surface area contributed by atoms with Gasteiger partial charge < -0.3 is 4.74 Å². The predicted octanol–water partition coefficient (Wildman–Crippen LogP) is 1.17. The first-order valence-electron chi connectivity index (χ1n) is 5.03. The molecule has 1 aliphatic heterocycles. The summed E-state index contributed by atoms with van der Waals surface area (Å²) >= 11 is 1.33. The summed E-state index contributed by atoms with van der Waals surface area (Å²) in [5.74, 6) is 5.65. The summed E-state index contributed by atoms with van der Waals surface area (Å²) in [7, 11) is 0. The molecule has 3 N–H and O–H groups in total. The van der Waals surface area contributed by atoms with E-state index >= 15 is 0 Å². The molecule has 1 saturated heterocycles. The third kappa shape index (κ3) is 2.81. The van der Waals surface area contributed by atoms with Gasteiger partial charge in [-0.1, -0.05) is 0 Å². The SMILES string of the molecule is NNc1ncc(F)c(SCC2CCCO2)n1. The minimum Gasteiger partial charge on any atom is -0.377 e. The summed E-state index contributed by atoms with van der Waals surface area (Å²) in [6, 6.07) is 0. The second kappa shape index (κ2) is 5.42. The van der Waals surface area contributed by atoms with E-state index in [-0.39, 0.29) is 12.1 Å². The molecule has 2 rings (SSSR count). The van der Waals surface area contributed by atoms with Gasteiger partial charge in [0.05, 0.1) is 12.3 Å². The van der Waals surface area contributed by atoms with Gasteiger partial charge in [-0.2, -0.15) is 0 Å². The van der Waals surface area contributed by atoms with Crippen LogP contribution in [-0.4, -0.2) is 28.4 Å². The van der Waals surface area contributed by atoms with Crippen LogP contribution in [0, 0.1) is 5.82 Å². The van der Waals surface area contributed by atoms with E-state index in [1.165, 1.54) is 11.8 Å². The van der Waals surface area contributed by atoms with Crippen molar-refractivity contribution in [2.45, 2.75) is 24.0 Å². The molecule has 0 aromatic carbocycles. The molecule has 1 atom stereocenters. The van der Waals surface area contributed by atoms with Crippen LogP contribution < -0.4 is 11.3 Å². The lowest BCUT2D eigenvalue weighted by molar-refractivity contribution is 0.129. The Morgan fingerprint density at radius 1 is 1.69 bits per heavy atom. The van der Waals surface area contributed by atoms with E-state index in [4.69, 9.17) is 10.6 Å². The second-order valence-corrected chi connectivity index (χ2v) is 4.45. The van der Waals surface area contributed by atoms with Crippen LogP contribution in [0.2, 0.25) is 0 Å². The Kier molecular flexibility index (Phi) is 3.92. The minimum atomic E-state index is -0.429. The van der Waals surface area contributed by atoms with Crippen LogP contribution in [0.1, 0.15) is 12.8 Å². The zero-order chi connectivity index (χ0) is 11.4. The zero-order valence-corrected chi connectivity index (χ0v) is 9.47. The molecule has 1 aromatic rings. The molecular weight excluding hydrogens is 231 g/mol. The lowest BCUT2D eigenvalue weighted by Crippen LogP contribution is -2.12. The smallest absolute Gasteiger partial charge is 0.238 e. The van der Waals surface area contributed by atoms with Crippen LogP contribution in [0.5, 0.6) is 0 Å². The average molecular weight is 244 g/mol. The average Bonchev–Trinajstić information content (AvgIpc) is 2.81. The highest BCUT2D eigenvalue weighted by molar-refractivity contribution is 7.99. The van der Waals surface area contributed by atoms with Crippen LogP contribution in [0.25, 0.3) is 0 Å². The van der Waals surface area contributed by atoms with Gasteiger partial charge in [0.15, 0.2) is 5.82 Å². The lowest BCUT2D eigenvalue weighted by Gasteiger charge is -2.08. The van der Waals surface area contributed by atoms with E-state index in [9.17, 15) is 4.39 Å². The highest BCUT2D eigenvalue weighted by Crippen LogP contribution is 2.24. The van der Waals surface area contributed by atoms with E-state index in [0.29, 0.717) is 10.8 Å². The molecule has 1 aliphatic rings. The molecule has 7 heteroatoms. The number of hydrazine groups is 1. The number of nitrogen functional groups attached to an aromatic ring is 1. The van der Waals surface area contributed by atoms with Crippen LogP contribution in [0.3, 0.4) is 0 Å². The van der Waals surface area contributed by atoms with Crippen molar-refractivity contribution in [2.75, 3.05) is 17.8 Å². The van der Waals surface area contributed by atoms with Gasteiger partial charge in [0, 0.05) is 12.4 Å². The van der Waals surface area contributed by atoms with Crippen LogP contribution in [0.4, 0.5) is 10.3 Å². The first kappa shape index (κ1) is 11.6. The summed E-state index contributed by atoms with van der Waals surface area (Å²) in [4.78, 5) is 7.61. The Balaban J connectivity index is 1.96. The van der Waals surface area contributed by atoms with Crippen molar-refractivity contribution in [1.82, 2.24) is 9.97 Å². The zero-order valence-electron chi connectivity index (χ0n) is 8.65. The summed E-state index contributed by atoms with van der Waals surface area (Å²) < 4.78 is 18.8. The van der Waals surface area contributed by atoms with Gasteiger partial charge in [-0.05, 0) is 12.8 Å². The normalized spacial score (nSPS) is 20.0. The maximum atomic E-state index is 13.3. The summed E-state index contributed by atoms with van der Waals surface area (Å²) in [5.41, 5.74) is 2.29. The monoisotopic (exact) mass is 244 g/mol. The van der Waals surface area contributed by atoms with Crippen molar-refractivity contribution in [2.24, 2.45) is 5.84 Å². The third-order valence-corrected chi connectivity index (χ3v) is 3.37. The molecular formula is C9H13FN4OS. The van der Waals surface area contributed by atoms with Crippen LogP contribution in [0.15, 0.2) is 11.2 Å². The Bertz CT molecular complexity index is 359. The number of ether oxygens (including phenoxy) is 1. The largest absolute Gasteiger partial charge is 0.377 e. The maximum Gasteiger partial charge on any atom is 0.238 e. The highest BCUT2D eigenvalue weighted by Gasteiger charge is 2.17.